The highest BCUT2D eigenvalue weighted by Crippen LogP contribution is 2.35. The smallest absolute Gasteiger partial charge is 0.414 e. The Labute approximate surface area is 140 Å². The molecule has 126 valence electrons. The van der Waals surface area contributed by atoms with Crippen molar-refractivity contribution in [3.8, 4) is 0 Å². The van der Waals surface area contributed by atoms with Gasteiger partial charge in [0.15, 0.2) is 0 Å². The fourth-order valence-corrected chi connectivity index (χ4v) is 2.93. The predicted octanol–water partition coefficient (Wildman–Crippen LogP) is 3.21. The summed E-state index contributed by atoms with van der Waals surface area (Å²) in [5.41, 5.74) is 2.85. The van der Waals surface area contributed by atoms with Gasteiger partial charge in [0, 0.05) is 17.3 Å². The van der Waals surface area contributed by atoms with Crippen LogP contribution in [-0.2, 0) is 11.3 Å². The number of aryl methyl sites for hydroxylation is 1. The number of aromatic nitrogens is 2. The van der Waals surface area contributed by atoms with Gasteiger partial charge < -0.3 is 14.5 Å². The number of hydrogen-bond acceptors (Lipinski definition) is 6. The molecule has 24 heavy (non-hydrogen) atoms. The first-order valence-corrected chi connectivity index (χ1v) is 8.32. The van der Waals surface area contributed by atoms with Gasteiger partial charge in [0.1, 0.15) is 6.61 Å². The van der Waals surface area contributed by atoms with E-state index < -0.39 is 0 Å². The minimum atomic E-state index is -0.299. The third-order valence-electron chi connectivity index (χ3n) is 4.66. The Morgan fingerprint density at radius 1 is 1.33 bits per heavy atom. The van der Waals surface area contributed by atoms with E-state index in [4.69, 9.17) is 9.15 Å². The average molecular weight is 328 g/mol. The zero-order valence-electron chi connectivity index (χ0n) is 13.6. The standard InChI is InChI=1S/C17H20N4O3/c1-11-5-6-13(21-7-8-23-17(21)22)9-14(11)18-10-15-19-20-16(24-15)12-3-2-4-12/h5-6,9,12,18H,2-4,7-8,10H2,1H3. The molecule has 2 heterocycles. The zero-order chi connectivity index (χ0) is 16.5. The molecule has 7 heteroatoms. The Bertz CT molecular complexity index is 754. The summed E-state index contributed by atoms with van der Waals surface area (Å²) in [6.07, 6.45) is 3.22. The van der Waals surface area contributed by atoms with Crippen molar-refractivity contribution in [2.24, 2.45) is 0 Å². The summed E-state index contributed by atoms with van der Waals surface area (Å²) in [4.78, 5) is 13.3. The van der Waals surface area contributed by atoms with E-state index in [0.29, 0.717) is 31.5 Å². The molecule has 1 saturated carbocycles. The molecule has 1 amide bonds. The van der Waals surface area contributed by atoms with Gasteiger partial charge in [-0.05, 0) is 37.5 Å². The molecule has 0 atom stereocenters. The molecule has 1 aromatic heterocycles. The number of amides is 1. The molecule has 0 bridgehead atoms. The van der Waals surface area contributed by atoms with Crippen molar-refractivity contribution in [3.05, 3.63) is 35.5 Å². The molecular formula is C17H20N4O3. The van der Waals surface area contributed by atoms with Gasteiger partial charge in [-0.1, -0.05) is 12.5 Å². The van der Waals surface area contributed by atoms with Crippen molar-refractivity contribution < 1.29 is 13.9 Å². The average Bonchev–Trinajstić information content (AvgIpc) is 3.14. The van der Waals surface area contributed by atoms with Crippen LogP contribution in [0.2, 0.25) is 0 Å². The Balaban J connectivity index is 1.45. The Hall–Kier alpha value is -2.57. The lowest BCUT2D eigenvalue weighted by molar-refractivity contribution is 0.181. The molecule has 7 nitrogen and oxygen atoms in total. The van der Waals surface area contributed by atoms with Crippen molar-refractivity contribution in [3.63, 3.8) is 0 Å². The molecule has 1 aromatic carbocycles. The molecule has 2 aromatic rings. The Morgan fingerprint density at radius 3 is 2.92 bits per heavy atom. The first-order valence-electron chi connectivity index (χ1n) is 8.32. The summed E-state index contributed by atoms with van der Waals surface area (Å²) in [6.45, 7) is 3.49. The summed E-state index contributed by atoms with van der Waals surface area (Å²) in [5.74, 6) is 1.78. The van der Waals surface area contributed by atoms with Crippen LogP contribution in [0.25, 0.3) is 0 Å². The van der Waals surface area contributed by atoms with Crippen molar-refractivity contribution in [2.75, 3.05) is 23.4 Å². The van der Waals surface area contributed by atoms with Crippen LogP contribution in [0.15, 0.2) is 22.6 Å². The normalized spacial score (nSPS) is 17.7. The summed E-state index contributed by atoms with van der Waals surface area (Å²) in [7, 11) is 0. The summed E-state index contributed by atoms with van der Waals surface area (Å²) in [5, 5.41) is 11.6. The summed E-state index contributed by atoms with van der Waals surface area (Å²) in [6, 6.07) is 5.86. The van der Waals surface area contributed by atoms with E-state index in [1.807, 2.05) is 25.1 Å². The molecule has 1 saturated heterocycles. The lowest BCUT2D eigenvalue weighted by atomic mass is 9.85. The van der Waals surface area contributed by atoms with Gasteiger partial charge in [-0.2, -0.15) is 0 Å². The molecule has 1 aliphatic carbocycles. The first-order chi connectivity index (χ1) is 11.7. The third-order valence-corrected chi connectivity index (χ3v) is 4.66. The maximum absolute atomic E-state index is 11.7. The number of carbonyl (C=O) groups excluding carboxylic acids is 1. The van der Waals surface area contributed by atoms with Gasteiger partial charge in [0.2, 0.25) is 11.8 Å². The van der Waals surface area contributed by atoms with Crippen LogP contribution in [0.1, 0.15) is 42.5 Å². The molecule has 1 aliphatic heterocycles. The topological polar surface area (TPSA) is 80.5 Å². The fraction of sp³-hybridized carbons (Fsp3) is 0.471. The number of ether oxygens (including phenoxy) is 1. The number of cyclic esters (lactones) is 1. The monoisotopic (exact) mass is 328 g/mol. The van der Waals surface area contributed by atoms with Gasteiger partial charge in [-0.15, -0.1) is 10.2 Å². The number of carbonyl (C=O) groups is 1. The van der Waals surface area contributed by atoms with Gasteiger partial charge in [-0.3, -0.25) is 4.90 Å². The van der Waals surface area contributed by atoms with E-state index in [1.165, 1.54) is 6.42 Å². The SMILES string of the molecule is Cc1ccc(N2CCOC2=O)cc1NCc1nnc(C2CCC2)o1. The van der Waals surface area contributed by atoms with Crippen LogP contribution < -0.4 is 10.2 Å². The maximum atomic E-state index is 11.7. The molecule has 0 unspecified atom stereocenters. The molecule has 4 rings (SSSR count). The lowest BCUT2D eigenvalue weighted by Gasteiger charge is -2.20. The molecule has 2 fully saturated rings. The number of benzene rings is 1. The van der Waals surface area contributed by atoms with Crippen LogP contribution in [0.3, 0.4) is 0 Å². The minimum absolute atomic E-state index is 0.299. The molecule has 2 aliphatic rings. The van der Waals surface area contributed by atoms with Gasteiger partial charge >= 0.3 is 6.09 Å². The van der Waals surface area contributed by atoms with E-state index in [1.54, 1.807) is 4.90 Å². The van der Waals surface area contributed by atoms with Gasteiger partial charge in [-0.25, -0.2) is 4.79 Å². The lowest BCUT2D eigenvalue weighted by Crippen LogP contribution is -2.23. The first kappa shape index (κ1) is 15.0. The molecule has 1 N–H and O–H groups in total. The molecule has 0 radical (unpaired) electrons. The Kier molecular flexibility index (Phi) is 3.84. The van der Waals surface area contributed by atoms with Crippen molar-refractivity contribution in [2.45, 2.75) is 38.6 Å². The van der Waals surface area contributed by atoms with Crippen LogP contribution in [0, 0.1) is 6.92 Å². The van der Waals surface area contributed by atoms with E-state index in [-0.39, 0.29) is 6.09 Å². The number of nitrogens with one attached hydrogen (secondary N) is 1. The second-order valence-corrected chi connectivity index (χ2v) is 6.28. The van der Waals surface area contributed by atoms with Crippen molar-refractivity contribution in [1.82, 2.24) is 10.2 Å². The highest BCUT2D eigenvalue weighted by atomic mass is 16.6. The highest BCUT2D eigenvalue weighted by Gasteiger charge is 2.25. The van der Waals surface area contributed by atoms with E-state index in [0.717, 1.165) is 35.7 Å². The maximum Gasteiger partial charge on any atom is 0.414 e. The molecule has 0 spiro atoms. The largest absolute Gasteiger partial charge is 0.447 e. The Morgan fingerprint density at radius 2 is 2.21 bits per heavy atom. The number of rotatable bonds is 5. The quantitative estimate of drug-likeness (QED) is 0.908. The zero-order valence-corrected chi connectivity index (χ0v) is 13.6. The minimum Gasteiger partial charge on any atom is -0.447 e. The van der Waals surface area contributed by atoms with Crippen molar-refractivity contribution >= 4 is 17.5 Å². The van der Waals surface area contributed by atoms with Crippen LogP contribution in [-0.4, -0.2) is 29.4 Å². The number of hydrogen-bond donors (Lipinski definition) is 1. The van der Waals surface area contributed by atoms with Crippen LogP contribution >= 0.6 is 0 Å². The van der Waals surface area contributed by atoms with E-state index in [9.17, 15) is 4.79 Å². The van der Waals surface area contributed by atoms with Crippen LogP contribution in [0.4, 0.5) is 16.2 Å². The summed E-state index contributed by atoms with van der Waals surface area (Å²) >= 11 is 0. The van der Waals surface area contributed by atoms with E-state index >= 15 is 0 Å². The number of anilines is 2. The molecular weight excluding hydrogens is 308 g/mol. The number of nitrogens with zero attached hydrogens (tertiary/aromatic N) is 3. The second kappa shape index (κ2) is 6.14. The van der Waals surface area contributed by atoms with Crippen molar-refractivity contribution in [1.29, 1.82) is 0 Å². The van der Waals surface area contributed by atoms with E-state index in [2.05, 4.69) is 15.5 Å². The predicted molar refractivity (Wildman–Crippen MR) is 88.1 cm³/mol. The highest BCUT2D eigenvalue weighted by molar-refractivity contribution is 5.90. The third kappa shape index (κ3) is 2.81. The second-order valence-electron chi connectivity index (χ2n) is 6.28. The summed E-state index contributed by atoms with van der Waals surface area (Å²) < 4.78 is 10.7. The fourth-order valence-electron chi connectivity index (χ4n) is 2.93. The van der Waals surface area contributed by atoms with Crippen LogP contribution in [0.5, 0.6) is 0 Å². The van der Waals surface area contributed by atoms with Gasteiger partial charge in [0.05, 0.1) is 13.1 Å². The van der Waals surface area contributed by atoms with Gasteiger partial charge in [0.25, 0.3) is 0 Å².